The summed E-state index contributed by atoms with van der Waals surface area (Å²) in [6, 6.07) is 3.90. The summed E-state index contributed by atoms with van der Waals surface area (Å²) in [6.07, 6.45) is 0.853. The van der Waals surface area contributed by atoms with Crippen molar-refractivity contribution < 1.29 is 14.3 Å². The summed E-state index contributed by atoms with van der Waals surface area (Å²) < 4.78 is 6.52. The van der Waals surface area contributed by atoms with Crippen molar-refractivity contribution in [3.05, 3.63) is 27.7 Å². The van der Waals surface area contributed by atoms with Crippen LogP contribution in [0.1, 0.15) is 17.5 Å². The van der Waals surface area contributed by atoms with Gasteiger partial charge in [-0.1, -0.05) is 31.9 Å². The van der Waals surface area contributed by atoms with Gasteiger partial charge in [0.15, 0.2) is 0 Å². The Morgan fingerprint density at radius 2 is 1.91 bits per heavy atom. The quantitative estimate of drug-likeness (QED) is 0.562. The fourth-order valence-corrected chi connectivity index (χ4v) is 5.85. The minimum Gasteiger partial charge on any atom is -0.461 e. The highest BCUT2D eigenvalue weighted by molar-refractivity contribution is 9.10. The predicted octanol–water partition coefficient (Wildman–Crippen LogP) is 3.58. The van der Waals surface area contributed by atoms with E-state index >= 15 is 0 Å². The van der Waals surface area contributed by atoms with E-state index in [0.29, 0.717) is 0 Å². The number of hydrogen-bond acceptors (Lipinski definition) is 3. The zero-order valence-corrected chi connectivity index (χ0v) is 16.0. The molecule has 3 fully saturated rings. The second-order valence-electron chi connectivity index (χ2n) is 6.87. The topological polar surface area (TPSA) is 55.4 Å². The first kappa shape index (κ1) is 15.6. The highest BCUT2D eigenvalue weighted by atomic mass is 79.9. The van der Waals surface area contributed by atoms with Crippen LogP contribution in [0.2, 0.25) is 0 Å². The Morgan fingerprint density at radius 3 is 2.57 bits per heavy atom. The van der Waals surface area contributed by atoms with Gasteiger partial charge in [-0.25, -0.2) is 0 Å². The van der Waals surface area contributed by atoms with E-state index in [1.807, 2.05) is 26.0 Å². The molecule has 1 N–H and O–H groups in total. The number of amides is 1. The Hall–Kier alpha value is -0.880. The van der Waals surface area contributed by atoms with E-state index in [1.54, 1.807) is 0 Å². The number of aryl methyl sites for hydroxylation is 2. The van der Waals surface area contributed by atoms with E-state index in [0.717, 1.165) is 27.7 Å². The van der Waals surface area contributed by atoms with Crippen molar-refractivity contribution in [1.29, 1.82) is 0 Å². The summed E-state index contributed by atoms with van der Waals surface area (Å²) in [5, 5.41) is 3.01. The van der Waals surface area contributed by atoms with Gasteiger partial charge in [-0.3, -0.25) is 9.59 Å². The number of nitrogens with one attached hydrogen (secondary N) is 1. The molecule has 0 unspecified atom stereocenters. The van der Waals surface area contributed by atoms with E-state index in [1.165, 1.54) is 0 Å². The third kappa shape index (κ3) is 2.21. The smallest absolute Gasteiger partial charge is 0.310 e. The molecule has 6 atom stereocenters. The van der Waals surface area contributed by atoms with Gasteiger partial charge in [0.1, 0.15) is 6.10 Å². The number of ether oxygens (including phenoxy) is 1. The lowest BCUT2D eigenvalue weighted by atomic mass is 9.79. The second-order valence-corrected chi connectivity index (χ2v) is 8.72. The summed E-state index contributed by atoms with van der Waals surface area (Å²) in [5.74, 6) is -0.449. The van der Waals surface area contributed by atoms with Crippen LogP contribution in [0.3, 0.4) is 0 Å². The number of benzene rings is 1. The van der Waals surface area contributed by atoms with Gasteiger partial charge in [-0.05, 0) is 49.4 Å². The molecule has 1 aliphatic heterocycles. The zero-order valence-electron chi connectivity index (χ0n) is 12.8. The number of esters is 1. The summed E-state index contributed by atoms with van der Waals surface area (Å²) >= 11 is 7.17. The molecule has 2 aliphatic carbocycles. The van der Waals surface area contributed by atoms with Crippen LogP contribution in [0.15, 0.2) is 16.6 Å². The molecule has 1 amide bonds. The maximum Gasteiger partial charge on any atom is 0.310 e. The summed E-state index contributed by atoms with van der Waals surface area (Å²) in [6.45, 7) is 4.00. The maximum absolute atomic E-state index is 12.8. The highest BCUT2D eigenvalue weighted by Crippen LogP contribution is 2.60. The SMILES string of the molecule is Cc1cc(NC(=O)[C@@H]2[C@H]3C[C@H]4[C@H](OC(=O)[C@H]42)[C@@H]3Br)cc(C)c1Br. The van der Waals surface area contributed by atoms with Gasteiger partial charge in [0.25, 0.3) is 0 Å². The van der Waals surface area contributed by atoms with Crippen molar-refractivity contribution in [3.8, 4) is 0 Å². The van der Waals surface area contributed by atoms with Gasteiger partial charge in [0, 0.05) is 16.1 Å². The van der Waals surface area contributed by atoms with Crippen molar-refractivity contribution in [2.75, 3.05) is 5.32 Å². The number of hydrogen-bond donors (Lipinski definition) is 1. The monoisotopic (exact) mass is 441 g/mol. The molecule has 1 saturated heterocycles. The van der Waals surface area contributed by atoms with Crippen LogP contribution < -0.4 is 5.32 Å². The minimum absolute atomic E-state index is 0.0429. The van der Waals surface area contributed by atoms with Crippen molar-refractivity contribution in [3.63, 3.8) is 0 Å². The number of halogens is 2. The van der Waals surface area contributed by atoms with Gasteiger partial charge >= 0.3 is 5.97 Å². The molecule has 122 valence electrons. The lowest BCUT2D eigenvalue weighted by Gasteiger charge is -2.27. The van der Waals surface area contributed by atoms with Crippen molar-refractivity contribution >= 4 is 49.4 Å². The molecule has 2 saturated carbocycles. The lowest BCUT2D eigenvalue weighted by Crippen LogP contribution is -2.40. The third-order valence-corrected chi connectivity index (χ3v) is 7.98. The van der Waals surface area contributed by atoms with Crippen LogP contribution in [-0.4, -0.2) is 22.8 Å². The molecule has 6 heteroatoms. The molecule has 23 heavy (non-hydrogen) atoms. The number of carbonyl (C=O) groups is 2. The molecular formula is C17H17Br2NO3. The predicted molar refractivity (Wildman–Crippen MR) is 93.4 cm³/mol. The molecule has 1 aromatic rings. The van der Waals surface area contributed by atoms with Crippen molar-refractivity contribution in [2.45, 2.75) is 31.2 Å². The van der Waals surface area contributed by atoms with E-state index in [2.05, 4.69) is 37.2 Å². The molecule has 4 nitrogen and oxygen atoms in total. The van der Waals surface area contributed by atoms with Crippen molar-refractivity contribution in [1.82, 2.24) is 0 Å². The van der Waals surface area contributed by atoms with E-state index in [9.17, 15) is 9.59 Å². The largest absolute Gasteiger partial charge is 0.461 e. The first-order chi connectivity index (χ1) is 10.9. The normalized spacial score (nSPS) is 37.1. The number of rotatable bonds is 2. The van der Waals surface area contributed by atoms with E-state index in [-0.39, 0.29) is 46.5 Å². The number of fused-ring (bicyclic) bond motifs is 1. The molecule has 4 rings (SSSR count). The first-order valence-electron chi connectivity index (χ1n) is 7.80. The molecule has 1 aromatic carbocycles. The molecule has 0 spiro atoms. The lowest BCUT2D eigenvalue weighted by molar-refractivity contribution is -0.145. The average molecular weight is 443 g/mol. The zero-order chi connectivity index (χ0) is 16.5. The molecule has 0 radical (unpaired) electrons. The highest BCUT2D eigenvalue weighted by Gasteiger charge is 2.67. The maximum atomic E-state index is 12.8. The van der Waals surface area contributed by atoms with Gasteiger partial charge in [-0.15, -0.1) is 0 Å². The van der Waals surface area contributed by atoms with Crippen molar-refractivity contribution in [2.24, 2.45) is 23.7 Å². The average Bonchev–Trinajstić information content (AvgIpc) is 3.08. The molecule has 3 aliphatic rings. The van der Waals surface area contributed by atoms with Crippen LogP contribution in [0.4, 0.5) is 5.69 Å². The number of carbonyl (C=O) groups excluding carboxylic acids is 2. The number of alkyl halides is 1. The second kappa shape index (κ2) is 5.31. The Labute approximate surface area is 151 Å². The van der Waals surface area contributed by atoms with Gasteiger partial charge in [-0.2, -0.15) is 0 Å². The van der Waals surface area contributed by atoms with Gasteiger partial charge in [0.05, 0.1) is 16.7 Å². The van der Waals surface area contributed by atoms with Crippen LogP contribution in [0, 0.1) is 37.5 Å². The Morgan fingerprint density at radius 1 is 1.26 bits per heavy atom. The van der Waals surface area contributed by atoms with E-state index in [4.69, 9.17) is 4.74 Å². The van der Waals surface area contributed by atoms with Gasteiger partial charge < -0.3 is 10.1 Å². The van der Waals surface area contributed by atoms with Crippen LogP contribution in [0.5, 0.6) is 0 Å². The van der Waals surface area contributed by atoms with Gasteiger partial charge in [0.2, 0.25) is 5.91 Å². The fourth-order valence-electron chi connectivity index (χ4n) is 4.57. The summed E-state index contributed by atoms with van der Waals surface area (Å²) in [5.41, 5.74) is 2.93. The molecule has 1 heterocycles. The number of anilines is 1. The Balaban J connectivity index is 1.60. The standard InChI is InChI=1S/C17H17Br2NO3/c1-6-3-8(4-7(2)13(6)18)20-16(21)11-9-5-10-12(11)17(22)23-15(10)14(9)19/h3-4,9-12,14-15H,5H2,1-2H3,(H,20,21)/t9-,10-,11-,12-,14-,15+/m1/s1. The molecule has 2 bridgehead atoms. The molecular weight excluding hydrogens is 426 g/mol. The molecule has 0 aromatic heterocycles. The first-order valence-corrected chi connectivity index (χ1v) is 9.51. The Bertz CT molecular complexity index is 697. The summed E-state index contributed by atoms with van der Waals surface area (Å²) in [7, 11) is 0. The summed E-state index contributed by atoms with van der Waals surface area (Å²) in [4.78, 5) is 25.1. The third-order valence-electron chi connectivity index (χ3n) is 5.53. The Kier molecular flexibility index (Phi) is 3.61. The van der Waals surface area contributed by atoms with Crippen LogP contribution >= 0.6 is 31.9 Å². The minimum atomic E-state index is -0.292. The van der Waals surface area contributed by atoms with Crippen LogP contribution in [0.25, 0.3) is 0 Å². The van der Waals surface area contributed by atoms with Crippen LogP contribution in [-0.2, 0) is 14.3 Å². The fraction of sp³-hybridized carbons (Fsp3) is 0.529. The van der Waals surface area contributed by atoms with E-state index < -0.39 is 0 Å².